The van der Waals surface area contributed by atoms with Crippen LogP contribution in [-0.2, 0) is 9.84 Å². The molecule has 0 radical (unpaired) electrons. The summed E-state index contributed by atoms with van der Waals surface area (Å²) in [6, 6.07) is 6.56. The van der Waals surface area contributed by atoms with Crippen molar-refractivity contribution in [3.63, 3.8) is 0 Å². The third kappa shape index (κ3) is 3.48. The highest BCUT2D eigenvalue weighted by atomic mass is 32.2. The van der Waals surface area contributed by atoms with Crippen LogP contribution in [0.5, 0.6) is 5.75 Å². The van der Waals surface area contributed by atoms with Crippen molar-refractivity contribution in [1.82, 2.24) is 4.98 Å². The highest BCUT2D eigenvalue weighted by Crippen LogP contribution is 2.26. The molecule has 0 unspecified atom stereocenters. The minimum absolute atomic E-state index is 0.0125. The van der Waals surface area contributed by atoms with Gasteiger partial charge in [-0.2, -0.15) is 0 Å². The van der Waals surface area contributed by atoms with Gasteiger partial charge in [-0.1, -0.05) is 0 Å². The van der Waals surface area contributed by atoms with Gasteiger partial charge in [0.1, 0.15) is 11.4 Å². The number of pyridine rings is 1. The molecule has 7 nitrogen and oxygen atoms in total. The van der Waals surface area contributed by atoms with E-state index >= 15 is 0 Å². The molecule has 0 atom stereocenters. The van der Waals surface area contributed by atoms with E-state index in [0.29, 0.717) is 5.69 Å². The number of hydrogen-bond donors (Lipinski definition) is 3. The fraction of sp³-hybridized carbons (Fsp3) is 0.0769. The number of rotatable bonds is 3. The molecule has 0 fully saturated rings. The molecule has 2 aromatic rings. The number of nitrogens with zero attached hydrogens (tertiary/aromatic N) is 1. The summed E-state index contributed by atoms with van der Waals surface area (Å²) < 4.78 is 22.9. The molecule has 0 saturated carbocycles. The van der Waals surface area contributed by atoms with Crippen molar-refractivity contribution in [3.05, 3.63) is 42.2 Å². The van der Waals surface area contributed by atoms with Crippen molar-refractivity contribution in [2.24, 2.45) is 0 Å². The summed E-state index contributed by atoms with van der Waals surface area (Å²) in [5.41, 5.74) is 5.96. The number of aromatic nitrogens is 1. The number of carbonyl (C=O) groups excluding carboxylic acids is 1. The van der Waals surface area contributed by atoms with E-state index in [9.17, 15) is 18.3 Å². The maximum Gasteiger partial charge on any atom is 0.274 e. The number of nitrogen functional groups attached to an aromatic ring is 1. The molecule has 1 aromatic heterocycles. The van der Waals surface area contributed by atoms with Crippen LogP contribution in [0.25, 0.3) is 0 Å². The van der Waals surface area contributed by atoms with Gasteiger partial charge in [0.25, 0.3) is 5.91 Å². The fourth-order valence-corrected chi connectivity index (χ4v) is 2.22. The number of hydrogen-bond acceptors (Lipinski definition) is 6. The van der Waals surface area contributed by atoms with E-state index in [1.54, 1.807) is 0 Å². The highest BCUT2D eigenvalue weighted by molar-refractivity contribution is 7.90. The minimum atomic E-state index is -3.44. The van der Waals surface area contributed by atoms with Gasteiger partial charge in [-0.3, -0.25) is 4.79 Å². The van der Waals surface area contributed by atoms with Gasteiger partial charge in [-0.05, 0) is 30.3 Å². The molecule has 21 heavy (non-hydrogen) atoms. The number of carbonyl (C=O) groups is 1. The highest BCUT2D eigenvalue weighted by Gasteiger charge is 2.14. The van der Waals surface area contributed by atoms with Gasteiger partial charge in [0.05, 0.1) is 22.5 Å². The first-order valence-corrected chi connectivity index (χ1v) is 7.72. The van der Waals surface area contributed by atoms with Gasteiger partial charge in [-0.15, -0.1) is 0 Å². The minimum Gasteiger partial charge on any atom is -0.506 e. The SMILES string of the molecule is CS(=O)(=O)c1ccc(O)c(NC(=O)c2ccc(N)cn2)c1. The average Bonchev–Trinajstić information content (AvgIpc) is 2.40. The molecule has 0 spiro atoms. The first-order valence-electron chi connectivity index (χ1n) is 5.83. The molecule has 1 amide bonds. The number of phenols is 1. The molecular weight excluding hydrogens is 294 g/mol. The third-order valence-corrected chi connectivity index (χ3v) is 3.77. The summed E-state index contributed by atoms with van der Waals surface area (Å²) in [6.45, 7) is 0. The number of nitrogens with one attached hydrogen (secondary N) is 1. The van der Waals surface area contributed by atoms with Gasteiger partial charge in [0.2, 0.25) is 0 Å². The van der Waals surface area contributed by atoms with Gasteiger partial charge in [0, 0.05) is 6.26 Å². The Bertz CT molecular complexity index is 786. The van der Waals surface area contributed by atoms with Crippen LogP contribution in [0.3, 0.4) is 0 Å². The number of anilines is 2. The molecule has 8 heteroatoms. The largest absolute Gasteiger partial charge is 0.506 e. The van der Waals surface area contributed by atoms with Gasteiger partial charge < -0.3 is 16.2 Å². The van der Waals surface area contributed by atoms with E-state index in [-0.39, 0.29) is 22.0 Å². The molecule has 0 saturated heterocycles. The van der Waals surface area contributed by atoms with Gasteiger partial charge >= 0.3 is 0 Å². The lowest BCUT2D eigenvalue weighted by Gasteiger charge is -2.08. The predicted octanol–water partition coefficient (Wildman–Crippen LogP) is 1.03. The normalized spacial score (nSPS) is 11.1. The zero-order chi connectivity index (χ0) is 15.6. The van der Waals surface area contributed by atoms with Crippen LogP contribution in [0.15, 0.2) is 41.4 Å². The van der Waals surface area contributed by atoms with Crippen molar-refractivity contribution >= 4 is 27.1 Å². The van der Waals surface area contributed by atoms with E-state index in [4.69, 9.17) is 5.73 Å². The third-order valence-electron chi connectivity index (χ3n) is 2.66. The quantitative estimate of drug-likeness (QED) is 0.728. The Morgan fingerprint density at radius 3 is 2.57 bits per heavy atom. The van der Waals surface area contributed by atoms with Crippen LogP contribution >= 0.6 is 0 Å². The topological polar surface area (TPSA) is 122 Å². The summed E-state index contributed by atoms with van der Waals surface area (Å²) in [6.07, 6.45) is 2.36. The Kier molecular flexibility index (Phi) is 3.81. The Labute approximate surface area is 121 Å². The average molecular weight is 307 g/mol. The van der Waals surface area contributed by atoms with Crippen LogP contribution in [0, 0.1) is 0 Å². The number of benzene rings is 1. The van der Waals surface area contributed by atoms with Crippen LogP contribution in [-0.4, -0.2) is 30.7 Å². The van der Waals surface area contributed by atoms with Crippen molar-refractivity contribution in [3.8, 4) is 5.75 Å². The lowest BCUT2D eigenvalue weighted by molar-refractivity contribution is 0.102. The van der Waals surface area contributed by atoms with Crippen molar-refractivity contribution < 1.29 is 18.3 Å². The lowest BCUT2D eigenvalue weighted by atomic mass is 10.2. The molecule has 110 valence electrons. The van der Waals surface area contributed by atoms with Crippen LogP contribution in [0.2, 0.25) is 0 Å². The number of aromatic hydroxyl groups is 1. The Balaban J connectivity index is 2.31. The maximum absolute atomic E-state index is 12.0. The molecule has 1 heterocycles. The molecule has 2 rings (SSSR count). The van der Waals surface area contributed by atoms with Gasteiger partial charge in [0.15, 0.2) is 9.84 Å². The first-order chi connectivity index (χ1) is 9.77. The molecule has 0 bridgehead atoms. The number of nitrogens with two attached hydrogens (primary N) is 1. The van der Waals surface area contributed by atoms with Gasteiger partial charge in [-0.25, -0.2) is 13.4 Å². The standard InChI is InChI=1S/C13H13N3O4S/c1-21(19,20)9-3-5-12(17)11(6-9)16-13(18)10-4-2-8(14)7-15-10/h2-7,17H,14H2,1H3,(H,16,18). The Morgan fingerprint density at radius 1 is 1.29 bits per heavy atom. The summed E-state index contributed by atoms with van der Waals surface area (Å²) in [5.74, 6) is -0.831. The zero-order valence-corrected chi connectivity index (χ0v) is 11.9. The molecular formula is C13H13N3O4S. The first kappa shape index (κ1) is 14.8. The molecule has 1 aromatic carbocycles. The lowest BCUT2D eigenvalue weighted by Crippen LogP contribution is -2.14. The van der Waals surface area contributed by atoms with E-state index in [2.05, 4.69) is 10.3 Å². The van der Waals surface area contributed by atoms with Crippen molar-refractivity contribution in [2.45, 2.75) is 4.90 Å². The predicted molar refractivity (Wildman–Crippen MR) is 77.8 cm³/mol. The van der Waals surface area contributed by atoms with Crippen LogP contribution < -0.4 is 11.1 Å². The summed E-state index contributed by atoms with van der Waals surface area (Å²) >= 11 is 0. The second-order valence-electron chi connectivity index (χ2n) is 4.38. The smallest absolute Gasteiger partial charge is 0.274 e. The van der Waals surface area contributed by atoms with Crippen molar-refractivity contribution in [2.75, 3.05) is 17.3 Å². The summed E-state index contributed by atoms with van der Waals surface area (Å²) in [7, 11) is -3.44. The van der Waals surface area contributed by atoms with E-state index in [1.807, 2.05) is 0 Å². The Hall–Kier alpha value is -2.61. The maximum atomic E-state index is 12.0. The van der Waals surface area contributed by atoms with Crippen LogP contribution in [0.1, 0.15) is 10.5 Å². The van der Waals surface area contributed by atoms with E-state index in [0.717, 1.165) is 6.26 Å². The van der Waals surface area contributed by atoms with Crippen molar-refractivity contribution in [1.29, 1.82) is 0 Å². The van der Waals surface area contributed by atoms with E-state index < -0.39 is 15.7 Å². The number of phenolic OH excluding ortho intramolecular Hbond substituents is 1. The molecule has 0 aliphatic carbocycles. The molecule has 0 aliphatic rings. The molecule has 0 aliphatic heterocycles. The zero-order valence-electron chi connectivity index (χ0n) is 11.1. The monoisotopic (exact) mass is 307 g/mol. The second kappa shape index (κ2) is 5.41. The fourth-order valence-electron chi connectivity index (χ4n) is 1.57. The van der Waals surface area contributed by atoms with Crippen LogP contribution in [0.4, 0.5) is 11.4 Å². The number of sulfone groups is 1. The molecule has 4 N–H and O–H groups in total. The summed E-state index contributed by atoms with van der Waals surface area (Å²) in [5, 5.41) is 12.1. The van der Waals surface area contributed by atoms with E-state index in [1.165, 1.54) is 36.5 Å². The summed E-state index contributed by atoms with van der Waals surface area (Å²) in [4.78, 5) is 15.8. The Morgan fingerprint density at radius 2 is 2.00 bits per heavy atom. The number of amides is 1. The second-order valence-corrected chi connectivity index (χ2v) is 6.40.